The second-order valence-corrected chi connectivity index (χ2v) is 4.31. The molecule has 1 aromatic carbocycles. The van der Waals surface area contributed by atoms with Gasteiger partial charge in [0.1, 0.15) is 19.0 Å². The predicted molar refractivity (Wildman–Crippen MR) is 65.8 cm³/mol. The molecule has 2 rings (SSSR count). The molecule has 0 aliphatic heterocycles. The van der Waals surface area contributed by atoms with Crippen molar-refractivity contribution >= 4 is 17.6 Å². The number of hydrogen-bond donors (Lipinski definition) is 1. The van der Waals surface area contributed by atoms with Gasteiger partial charge in [-0.05, 0) is 17.7 Å². The highest BCUT2D eigenvalue weighted by Gasteiger charge is 2.10. The Kier molecular flexibility index (Phi) is 4.65. The van der Waals surface area contributed by atoms with E-state index < -0.39 is 18.4 Å². The molecule has 1 aromatic heterocycles. The summed E-state index contributed by atoms with van der Waals surface area (Å²) in [5, 5.41) is 12.4. The van der Waals surface area contributed by atoms with E-state index in [2.05, 4.69) is 10.1 Å². The van der Waals surface area contributed by atoms with E-state index >= 15 is 0 Å². The number of hydrogen-bond acceptors (Lipinski definition) is 5. The van der Waals surface area contributed by atoms with Crippen molar-refractivity contribution in [3.05, 3.63) is 46.3 Å². The molecular formula is C12H10ClFN2O4. The van der Waals surface area contributed by atoms with E-state index in [-0.39, 0.29) is 23.9 Å². The highest BCUT2D eigenvalue weighted by molar-refractivity contribution is 6.31. The van der Waals surface area contributed by atoms with Crippen LogP contribution in [0.15, 0.2) is 22.7 Å². The lowest BCUT2D eigenvalue weighted by Crippen LogP contribution is -2.06. The number of benzene rings is 1. The van der Waals surface area contributed by atoms with Gasteiger partial charge in [-0.3, -0.25) is 0 Å². The Bertz CT molecular complexity index is 617. The first kappa shape index (κ1) is 14.4. The number of ether oxygens (including phenoxy) is 1. The molecule has 0 aliphatic rings. The van der Waals surface area contributed by atoms with E-state index in [1.54, 1.807) is 0 Å². The summed E-state index contributed by atoms with van der Waals surface area (Å²) < 4.78 is 22.6. The largest absolute Gasteiger partial charge is 0.480 e. The quantitative estimate of drug-likeness (QED) is 0.879. The van der Waals surface area contributed by atoms with Crippen molar-refractivity contribution in [3.63, 3.8) is 0 Å². The third-order valence-electron chi connectivity index (χ3n) is 2.32. The highest BCUT2D eigenvalue weighted by Crippen LogP contribution is 2.19. The first-order chi connectivity index (χ1) is 9.54. The number of nitrogens with zero attached hydrogens (tertiary/aromatic N) is 2. The molecule has 0 spiro atoms. The zero-order valence-corrected chi connectivity index (χ0v) is 10.9. The summed E-state index contributed by atoms with van der Waals surface area (Å²) >= 11 is 5.89. The zero-order chi connectivity index (χ0) is 14.5. The van der Waals surface area contributed by atoms with E-state index in [0.29, 0.717) is 11.4 Å². The van der Waals surface area contributed by atoms with Crippen LogP contribution in [0.5, 0.6) is 0 Å². The van der Waals surface area contributed by atoms with Crippen molar-refractivity contribution in [1.82, 2.24) is 10.1 Å². The molecule has 1 N–H and O–H groups in total. The van der Waals surface area contributed by atoms with E-state index in [0.717, 1.165) is 0 Å². The van der Waals surface area contributed by atoms with E-state index in [1.165, 1.54) is 18.2 Å². The number of carboxylic acids is 1. The number of rotatable bonds is 6. The molecule has 0 saturated heterocycles. The van der Waals surface area contributed by atoms with E-state index in [4.69, 9.17) is 26.0 Å². The topological polar surface area (TPSA) is 85.5 Å². The number of carboxylic acid groups (broad SMARTS) is 1. The lowest BCUT2D eigenvalue weighted by atomic mass is 10.1. The molecule has 1 heterocycles. The Hall–Kier alpha value is -1.99. The second kappa shape index (κ2) is 6.44. The highest BCUT2D eigenvalue weighted by atomic mass is 35.5. The summed E-state index contributed by atoms with van der Waals surface area (Å²) in [6, 6.07) is 4.03. The van der Waals surface area contributed by atoms with Gasteiger partial charge in [0.05, 0.1) is 0 Å². The minimum absolute atomic E-state index is 0.0869. The molecule has 2 aromatic rings. The molecule has 0 amide bonds. The molecule has 6 nitrogen and oxygen atoms in total. The van der Waals surface area contributed by atoms with Gasteiger partial charge in [-0.1, -0.05) is 22.8 Å². The van der Waals surface area contributed by atoms with Crippen LogP contribution in [0, 0.1) is 5.82 Å². The van der Waals surface area contributed by atoms with Crippen molar-refractivity contribution in [2.24, 2.45) is 0 Å². The fourth-order valence-electron chi connectivity index (χ4n) is 1.48. The van der Waals surface area contributed by atoms with Crippen molar-refractivity contribution in [3.8, 4) is 0 Å². The van der Waals surface area contributed by atoms with Gasteiger partial charge >= 0.3 is 5.97 Å². The summed E-state index contributed by atoms with van der Waals surface area (Å²) in [5.74, 6) is -0.982. The summed E-state index contributed by atoms with van der Waals surface area (Å²) in [6.07, 6.45) is 0.279. The minimum Gasteiger partial charge on any atom is -0.480 e. The lowest BCUT2D eigenvalue weighted by molar-refractivity contribution is -0.142. The van der Waals surface area contributed by atoms with Crippen molar-refractivity contribution in [1.29, 1.82) is 0 Å². The SMILES string of the molecule is O=C(O)COCc1nc(Cc2ccc(F)cc2Cl)no1. The zero-order valence-electron chi connectivity index (χ0n) is 10.2. The molecule has 0 bridgehead atoms. The maximum absolute atomic E-state index is 12.9. The number of carbonyl (C=O) groups is 1. The van der Waals surface area contributed by atoms with Crippen LogP contribution >= 0.6 is 11.6 Å². The smallest absolute Gasteiger partial charge is 0.329 e. The molecule has 0 fully saturated rings. The van der Waals surface area contributed by atoms with Crippen LogP contribution in [0.1, 0.15) is 17.3 Å². The average molecular weight is 301 g/mol. The molecule has 106 valence electrons. The molecular weight excluding hydrogens is 291 g/mol. The number of aliphatic carboxylic acids is 1. The third-order valence-corrected chi connectivity index (χ3v) is 2.68. The average Bonchev–Trinajstić information content (AvgIpc) is 2.80. The summed E-state index contributed by atoms with van der Waals surface area (Å²) in [5.41, 5.74) is 0.659. The third kappa shape index (κ3) is 4.01. The monoisotopic (exact) mass is 300 g/mol. The van der Waals surface area contributed by atoms with Crippen LogP contribution in [0.3, 0.4) is 0 Å². The van der Waals surface area contributed by atoms with Crippen molar-refractivity contribution in [2.75, 3.05) is 6.61 Å². The van der Waals surface area contributed by atoms with Crippen LogP contribution in [0.25, 0.3) is 0 Å². The normalized spacial score (nSPS) is 10.7. The fraction of sp³-hybridized carbons (Fsp3) is 0.250. The Labute approximate surface area is 118 Å². The Morgan fingerprint density at radius 3 is 3.00 bits per heavy atom. The molecule has 0 aliphatic carbocycles. The molecule has 0 radical (unpaired) electrons. The maximum Gasteiger partial charge on any atom is 0.329 e. The van der Waals surface area contributed by atoms with Gasteiger partial charge in [0, 0.05) is 11.4 Å². The van der Waals surface area contributed by atoms with Gasteiger partial charge in [-0.25, -0.2) is 9.18 Å². The number of halogens is 2. The van der Waals surface area contributed by atoms with Gasteiger partial charge < -0.3 is 14.4 Å². The Balaban J connectivity index is 1.97. The van der Waals surface area contributed by atoms with Gasteiger partial charge in [0.2, 0.25) is 0 Å². The Morgan fingerprint density at radius 1 is 1.50 bits per heavy atom. The molecule has 0 unspecified atom stereocenters. The van der Waals surface area contributed by atoms with Crippen molar-refractivity contribution < 1.29 is 23.6 Å². The van der Waals surface area contributed by atoms with Gasteiger partial charge in [-0.15, -0.1) is 0 Å². The van der Waals surface area contributed by atoms with Gasteiger partial charge in [0.15, 0.2) is 5.82 Å². The van der Waals surface area contributed by atoms with Crippen molar-refractivity contribution in [2.45, 2.75) is 13.0 Å². The summed E-state index contributed by atoms with van der Waals surface area (Å²) in [6.45, 7) is -0.530. The Morgan fingerprint density at radius 2 is 2.30 bits per heavy atom. The standard InChI is InChI=1S/C12H10ClFN2O4/c13-9-4-8(14)2-1-7(9)3-10-15-11(20-16-10)5-19-6-12(17)18/h1-2,4H,3,5-6H2,(H,17,18). The minimum atomic E-state index is -1.08. The van der Waals surface area contributed by atoms with E-state index in [9.17, 15) is 9.18 Å². The molecule has 0 atom stereocenters. The lowest BCUT2D eigenvalue weighted by Gasteiger charge is -2.00. The summed E-state index contributed by atoms with van der Waals surface area (Å²) in [4.78, 5) is 14.3. The first-order valence-corrected chi connectivity index (χ1v) is 5.97. The predicted octanol–water partition coefficient (Wildman–Crippen LogP) is 2.05. The first-order valence-electron chi connectivity index (χ1n) is 5.59. The summed E-state index contributed by atoms with van der Waals surface area (Å²) in [7, 11) is 0. The van der Waals surface area contributed by atoms with Gasteiger partial charge in [0.25, 0.3) is 5.89 Å². The number of aromatic nitrogens is 2. The van der Waals surface area contributed by atoms with E-state index in [1.807, 2.05) is 0 Å². The van der Waals surface area contributed by atoms with Crippen LogP contribution in [0.2, 0.25) is 5.02 Å². The maximum atomic E-state index is 12.9. The molecule has 20 heavy (non-hydrogen) atoms. The molecule has 0 saturated carbocycles. The van der Waals surface area contributed by atoms with Crippen LogP contribution in [-0.2, 0) is 22.6 Å². The van der Waals surface area contributed by atoms with Crippen LogP contribution < -0.4 is 0 Å². The molecule has 8 heteroatoms. The second-order valence-electron chi connectivity index (χ2n) is 3.90. The van der Waals surface area contributed by atoms with Crippen LogP contribution in [0.4, 0.5) is 4.39 Å². The van der Waals surface area contributed by atoms with Crippen LogP contribution in [-0.4, -0.2) is 27.8 Å². The van der Waals surface area contributed by atoms with Gasteiger partial charge in [-0.2, -0.15) is 4.98 Å². The fourth-order valence-corrected chi connectivity index (χ4v) is 1.72.